The average molecular weight is 1290 g/mol. The second-order valence-electron chi connectivity index (χ2n) is 27.6. The molecule has 0 aliphatic carbocycles. The predicted molar refractivity (Wildman–Crippen MR) is 397 cm³/mol. The minimum Gasteiger partial charge on any atom is -0.337 e. The lowest BCUT2D eigenvalue weighted by atomic mass is 9.88. The molecule has 0 N–H and O–H groups in total. The van der Waals surface area contributed by atoms with Gasteiger partial charge in [0, 0.05) is 23.9 Å². The van der Waals surface area contributed by atoms with Gasteiger partial charge in [-0.15, -0.1) is 45.3 Å². The summed E-state index contributed by atoms with van der Waals surface area (Å²) in [4.78, 5) is 29.1. The fourth-order valence-corrected chi connectivity index (χ4v) is 21.4. The number of carbonyl (C=O) groups excluding carboxylic acids is 2. The van der Waals surface area contributed by atoms with E-state index >= 15 is 0 Å². The smallest absolute Gasteiger partial charge is 0.160 e. The van der Waals surface area contributed by atoms with Gasteiger partial charge >= 0.3 is 0 Å². The third-order valence-electron chi connectivity index (χ3n) is 20.7. The summed E-state index contributed by atoms with van der Waals surface area (Å²) in [6, 6.07) is 0. The quantitative estimate of drug-likeness (QED) is 0.0281. The van der Waals surface area contributed by atoms with Crippen LogP contribution in [0.4, 0.5) is 0 Å². The molecule has 88 heavy (non-hydrogen) atoms. The molecule has 0 saturated heterocycles. The largest absolute Gasteiger partial charge is 0.337 e. The SMILES string of the molecule is CCCCCCCCCCCC(CCCCCCCC)Cc1c(C=O)sc2c1sc1c3c4nsnc4c4c5sc6c(CC(CCCCCCCC)CCCCCCCCCC)c(C=O)sc6c5n(CC(CC)CCCC)c4c3n(CC(CC)CCCC)c21. The van der Waals surface area contributed by atoms with Gasteiger partial charge in [0.05, 0.1) is 71.7 Å². The molecule has 8 rings (SSSR count). The van der Waals surface area contributed by atoms with Crippen molar-refractivity contribution in [3.05, 3.63) is 20.9 Å². The van der Waals surface area contributed by atoms with E-state index in [4.69, 9.17) is 8.75 Å². The molecule has 0 saturated carbocycles. The molecule has 7 aromatic heterocycles. The van der Waals surface area contributed by atoms with Crippen molar-refractivity contribution in [2.45, 2.75) is 345 Å². The number of hydrogen-bond acceptors (Lipinski definition) is 9. The van der Waals surface area contributed by atoms with Gasteiger partial charge in [0.15, 0.2) is 12.6 Å². The standard InChI is InChI=1S/C77H120N4O2S5/c1-9-17-23-27-31-33-35-39-43-49-59(47-41-37-30-26-20-12-4)51-61-63(55-83)85-77-71-75(87-73(61)77)65-67-66(78-88-79-67)64-68(69(65)81(71)53-57(16-8)45-22-14-6)80(52-56(15-7)44-21-13-5)70-74(64)86-72-60(62(54-82)84-76(70)72)50-58(46-40-36-29-25-19-11-3)48-42-38-34-32-28-24-18-10-2/h54-59H,9-53H2,1-8H3. The van der Waals surface area contributed by atoms with E-state index in [9.17, 15) is 9.59 Å². The Balaban J connectivity index is 1.28. The monoisotopic (exact) mass is 1290 g/mol. The summed E-state index contributed by atoms with van der Waals surface area (Å²) in [5.41, 5.74) is 10.1. The Kier molecular flexibility index (Phi) is 31.1. The molecule has 0 aliphatic heterocycles. The lowest BCUT2D eigenvalue weighted by Crippen LogP contribution is -2.13. The van der Waals surface area contributed by atoms with Crippen molar-refractivity contribution in [2.24, 2.45) is 23.7 Å². The molecule has 0 amide bonds. The number of aromatic nitrogens is 4. The summed E-state index contributed by atoms with van der Waals surface area (Å²) in [6.45, 7) is 20.7. The Hall–Kier alpha value is -2.70. The van der Waals surface area contributed by atoms with Crippen LogP contribution in [0, 0.1) is 23.7 Å². The van der Waals surface area contributed by atoms with Crippen molar-refractivity contribution in [2.75, 3.05) is 0 Å². The van der Waals surface area contributed by atoms with Gasteiger partial charge in [-0.25, -0.2) is 0 Å². The Labute approximate surface area is 554 Å². The van der Waals surface area contributed by atoms with Gasteiger partial charge in [0.1, 0.15) is 11.0 Å². The second-order valence-corrected chi connectivity index (χ2v) is 32.3. The third kappa shape index (κ3) is 18.2. The van der Waals surface area contributed by atoms with Crippen molar-refractivity contribution in [3.63, 3.8) is 0 Å². The lowest BCUT2D eigenvalue weighted by Gasteiger charge is -2.20. The maximum absolute atomic E-state index is 13.6. The summed E-state index contributed by atoms with van der Waals surface area (Å²) in [6.07, 6.45) is 57.9. The van der Waals surface area contributed by atoms with Crippen LogP contribution in [0.25, 0.3) is 72.1 Å². The van der Waals surface area contributed by atoms with Crippen molar-refractivity contribution in [1.82, 2.24) is 17.9 Å². The summed E-state index contributed by atoms with van der Waals surface area (Å²) in [5.74, 6) is 2.22. The first-order valence-corrected chi connectivity index (χ1v) is 41.3. The molecule has 0 radical (unpaired) electrons. The summed E-state index contributed by atoms with van der Waals surface area (Å²) < 4.78 is 24.5. The van der Waals surface area contributed by atoms with E-state index in [0.717, 1.165) is 59.6 Å². The molecule has 0 fully saturated rings. The van der Waals surface area contributed by atoms with E-state index in [1.54, 1.807) is 22.7 Å². The predicted octanol–water partition coefficient (Wildman–Crippen LogP) is 27.8. The van der Waals surface area contributed by atoms with Gasteiger partial charge in [-0.1, -0.05) is 306 Å². The van der Waals surface area contributed by atoms with Crippen molar-refractivity contribution < 1.29 is 9.59 Å². The zero-order valence-electron chi connectivity index (χ0n) is 56.9. The highest BCUT2D eigenvalue weighted by atomic mass is 32.1. The Bertz CT molecular complexity index is 3300. The van der Waals surface area contributed by atoms with E-state index in [-0.39, 0.29) is 0 Å². The van der Waals surface area contributed by atoms with E-state index < -0.39 is 0 Å². The molecule has 0 aliphatic rings. The number of fused-ring (bicyclic) bond motifs is 14. The van der Waals surface area contributed by atoms with Crippen LogP contribution in [-0.4, -0.2) is 30.5 Å². The van der Waals surface area contributed by atoms with Gasteiger partial charge in [-0.2, -0.15) is 8.75 Å². The third-order valence-corrected chi connectivity index (χ3v) is 26.4. The van der Waals surface area contributed by atoms with Gasteiger partial charge in [-0.05, 0) is 60.5 Å². The fraction of sp³-hybridized carbons (Fsp3) is 0.740. The molecule has 1 aromatic carbocycles. The van der Waals surface area contributed by atoms with Crippen LogP contribution in [0.5, 0.6) is 0 Å². The van der Waals surface area contributed by atoms with Crippen LogP contribution < -0.4 is 0 Å². The number of carbonyl (C=O) groups is 2. The normalized spacial score (nSPS) is 13.8. The minimum absolute atomic E-state index is 0.519. The van der Waals surface area contributed by atoms with E-state index in [1.165, 1.54) is 347 Å². The number of hydrogen-bond donors (Lipinski definition) is 0. The van der Waals surface area contributed by atoms with Gasteiger partial charge in [0.25, 0.3) is 0 Å². The molecule has 0 bridgehead atoms. The maximum Gasteiger partial charge on any atom is 0.160 e. The van der Waals surface area contributed by atoms with Crippen molar-refractivity contribution in [3.8, 4) is 0 Å². The Morgan fingerprint density at radius 2 is 0.625 bits per heavy atom. The zero-order valence-corrected chi connectivity index (χ0v) is 61.0. The van der Waals surface area contributed by atoms with Gasteiger partial charge < -0.3 is 9.13 Å². The van der Waals surface area contributed by atoms with E-state index in [2.05, 4.69) is 64.5 Å². The number of nitrogens with zero attached hydrogens (tertiary/aromatic N) is 4. The van der Waals surface area contributed by atoms with Crippen LogP contribution >= 0.6 is 57.1 Å². The first-order chi connectivity index (χ1) is 43.3. The van der Waals surface area contributed by atoms with E-state index in [0.29, 0.717) is 23.7 Å². The van der Waals surface area contributed by atoms with Gasteiger partial charge in [-0.3, -0.25) is 9.59 Å². The number of benzene rings is 1. The average Bonchev–Trinajstić information content (AvgIpc) is 1.54. The molecule has 0 spiro atoms. The summed E-state index contributed by atoms with van der Waals surface area (Å²) >= 11 is 8.95. The van der Waals surface area contributed by atoms with Crippen molar-refractivity contribution in [1.29, 1.82) is 0 Å². The second kappa shape index (κ2) is 38.5. The van der Waals surface area contributed by atoms with Crippen LogP contribution in [0.2, 0.25) is 0 Å². The number of unbranched alkanes of at least 4 members (excludes halogenated alkanes) is 27. The maximum atomic E-state index is 13.6. The minimum atomic E-state index is 0.519. The molecule has 4 atom stereocenters. The molecule has 7 heterocycles. The van der Waals surface area contributed by atoms with Crippen LogP contribution in [0.15, 0.2) is 0 Å². The molecular formula is C77H120N4O2S5. The Morgan fingerprint density at radius 1 is 0.330 bits per heavy atom. The molecule has 4 unspecified atom stereocenters. The molecule has 6 nitrogen and oxygen atoms in total. The molecule has 490 valence electrons. The van der Waals surface area contributed by atoms with Crippen LogP contribution in [0.3, 0.4) is 0 Å². The highest BCUT2D eigenvalue weighted by Gasteiger charge is 2.33. The van der Waals surface area contributed by atoms with Crippen molar-refractivity contribution >= 4 is 142 Å². The first-order valence-electron chi connectivity index (χ1n) is 37.3. The lowest BCUT2D eigenvalue weighted by molar-refractivity contribution is 0.111. The fourth-order valence-electron chi connectivity index (χ4n) is 15.3. The number of rotatable bonds is 51. The molecule has 11 heteroatoms. The topological polar surface area (TPSA) is 69.8 Å². The summed E-state index contributed by atoms with van der Waals surface area (Å²) in [7, 11) is 0. The van der Waals surface area contributed by atoms with Gasteiger partial charge in [0.2, 0.25) is 0 Å². The van der Waals surface area contributed by atoms with Crippen LogP contribution in [0.1, 0.15) is 349 Å². The number of aldehydes is 2. The van der Waals surface area contributed by atoms with E-state index in [1.807, 2.05) is 22.7 Å². The molecule has 8 aromatic rings. The highest BCUT2D eigenvalue weighted by Crippen LogP contribution is 2.55. The molecular weight excluding hydrogens is 1170 g/mol. The highest BCUT2D eigenvalue weighted by molar-refractivity contribution is 7.35. The number of thiophene rings is 4. The summed E-state index contributed by atoms with van der Waals surface area (Å²) in [5, 5.41) is 2.56. The first kappa shape index (κ1) is 71.2. The van der Waals surface area contributed by atoms with Crippen LogP contribution in [-0.2, 0) is 25.9 Å². The Morgan fingerprint density at radius 3 is 0.920 bits per heavy atom. The zero-order chi connectivity index (χ0) is 62.0.